The molecule has 4 nitrogen and oxygen atoms in total. The summed E-state index contributed by atoms with van der Waals surface area (Å²) in [6, 6.07) is 8.85. The topological polar surface area (TPSA) is 53.4 Å². The molecule has 1 aromatic carbocycles. The highest BCUT2D eigenvalue weighted by atomic mass is 32.1. The smallest absolute Gasteiger partial charge is 0.347 e. The molecule has 23 heavy (non-hydrogen) atoms. The average Bonchev–Trinajstić information content (AvgIpc) is 3.16. The molecule has 1 saturated heterocycles. The van der Waals surface area contributed by atoms with E-state index in [0.29, 0.717) is 10.8 Å². The number of carboxylic acids is 1. The van der Waals surface area contributed by atoms with E-state index in [1.807, 2.05) is 0 Å². The van der Waals surface area contributed by atoms with Gasteiger partial charge in [-0.2, -0.15) is 0 Å². The van der Waals surface area contributed by atoms with Crippen molar-refractivity contribution < 1.29 is 9.90 Å². The van der Waals surface area contributed by atoms with Crippen LogP contribution in [-0.4, -0.2) is 34.0 Å². The summed E-state index contributed by atoms with van der Waals surface area (Å²) in [5.74, 6) is -0.511. The molecule has 0 bridgehead atoms. The Hall–Kier alpha value is -1.72. The van der Waals surface area contributed by atoms with Crippen molar-refractivity contribution in [2.75, 3.05) is 13.1 Å². The molecule has 1 aliphatic heterocycles. The third kappa shape index (κ3) is 3.98. The lowest BCUT2D eigenvalue weighted by molar-refractivity contribution is 0.0702. The lowest BCUT2D eigenvalue weighted by Gasteiger charge is -2.16. The second-order valence-corrected chi connectivity index (χ2v) is 7.22. The van der Waals surface area contributed by atoms with E-state index < -0.39 is 5.97 Å². The Morgan fingerprint density at radius 3 is 3.00 bits per heavy atom. The zero-order chi connectivity index (χ0) is 16.2. The van der Waals surface area contributed by atoms with Gasteiger partial charge in [0, 0.05) is 19.0 Å². The first kappa shape index (κ1) is 16.1. The maximum atomic E-state index is 11.0. The van der Waals surface area contributed by atoms with Gasteiger partial charge >= 0.3 is 5.97 Å². The van der Waals surface area contributed by atoms with E-state index in [0.717, 1.165) is 37.5 Å². The van der Waals surface area contributed by atoms with Crippen LogP contribution < -0.4 is 0 Å². The Kier molecular flexibility index (Phi) is 5.08. The number of rotatable bonds is 6. The summed E-state index contributed by atoms with van der Waals surface area (Å²) in [4.78, 5) is 18.1. The molecule has 2 heterocycles. The number of thiazole rings is 1. The van der Waals surface area contributed by atoms with Gasteiger partial charge in [0.25, 0.3) is 0 Å². The number of nitrogens with zero attached hydrogens (tertiary/aromatic N) is 2. The van der Waals surface area contributed by atoms with Crippen LogP contribution in [0.1, 0.15) is 51.5 Å². The monoisotopic (exact) mass is 330 g/mol. The van der Waals surface area contributed by atoms with E-state index in [2.05, 4.69) is 41.1 Å². The molecule has 1 atom stereocenters. The van der Waals surface area contributed by atoms with Crippen molar-refractivity contribution in [1.29, 1.82) is 0 Å². The molecule has 3 rings (SSSR count). The van der Waals surface area contributed by atoms with Crippen LogP contribution in [0.2, 0.25) is 0 Å². The van der Waals surface area contributed by atoms with Crippen LogP contribution in [0.4, 0.5) is 0 Å². The molecule has 1 aromatic heterocycles. The molecular formula is C18H22N2O2S. The number of hydrogen-bond acceptors (Lipinski definition) is 4. The minimum absolute atomic E-state index is 0.339. The predicted molar refractivity (Wildman–Crippen MR) is 92.1 cm³/mol. The highest BCUT2D eigenvalue weighted by Crippen LogP contribution is 2.31. The van der Waals surface area contributed by atoms with Crippen LogP contribution in [-0.2, 0) is 13.0 Å². The van der Waals surface area contributed by atoms with Gasteiger partial charge in [-0.3, -0.25) is 4.90 Å². The summed E-state index contributed by atoms with van der Waals surface area (Å²) in [6.07, 6.45) is 4.85. The first-order valence-corrected chi connectivity index (χ1v) is 8.96. The maximum absolute atomic E-state index is 11.0. The standard InChI is InChI=1S/C18H22N2O2S/c1-2-4-13-5-3-6-14(9-13)11-20-8-7-15(12-20)17-19-10-16(23-17)18(21)22/h3,5-6,9-10,15H,2,4,7-8,11-12H2,1H3,(H,21,22). The molecule has 2 aromatic rings. The van der Waals surface area contributed by atoms with Crippen molar-refractivity contribution in [1.82, 2.24) is 9.88 Å². The van der Waals surface area contributed by atoms with Gasteiger partial charge in [-0.25, -0.2) is 9.78 Å². The van der Waals surface area contributed by atoms with E-state index in [1.165, 1.54) is 35.1 Å². The summed E-state index contributed by atoms with van der Waals surface area (Å²) in [7, 11) is 0. The van der Waals surface area contributed by atoms with Gasteiger partial charge in [0.1, 0.15) is 4.88 Å². The van der Waals surface area contributed by atoms with Crippen LogP contribution in [0.25, 0.3) is 0 Å². The molecule has 122 valence electrons. The Balaban J connectivity index is 1.61. The van der Waals surface area contributed by atoms with E-state index >= 15 is 0 Å². The second-order valence-electron chi connectivity index (χ2n) is 6.16. The van der Waals surface area contributed by atoms with Crippen molar-refractivity contribution in [3.63, 3.8) is 0 Å². The molecule has 1 aliphatic rings. The minimum atomic E-state index is -0.878. The van der Waals surface area contributed by atoms with E-state index in [9.17, 15) is 4.79 Å². The summed E-state index contributed by atoms with van der Waals surface area (Å²) >= 11 is 1.32. The third-order valence-electron chi connectivity index (χ3n) is 4.29. The summed E-state index contributed by atoms with van der Waals surface area (Å²) in [5.41, 5.74) is 2.77. The summed E-state index contributed by atoms with van der Waals surface area (Å²) in [6.45, 7) is 5.18. The highest BCUT2D eigenvalue weighted by molar-refractivity contribution is 7.13. The summed E-state index contributed by atoms with van der Waals surface area (Å²) < 4.78 is 0. The van der Waals surface area contributed by atoms with Gasteiger partial charge in [0.05, 0.1) is 11.2 Å². The van der Waals surface area contributed by atoms with Gasteiger partial charge in [0.2, 0.25) is 0 Å². The van der Waals surface area contributed by atoms with Crippen LogP contribution in [0, 0.1) is 0 Å². The van der Waals surface area contributed by atoms with Crippen LogP contribution in [0.3, 0.4) is 0 Å². The molecule has 0 radical (unpaired) electrons. The zero-order valence-corrected chi connectivity index (χ0v) is 14.2. The van der Waals surface area contributed by atoms with Gasteiger partial charge in [-0.15, -0.1) is 11.3 Å². The van der Waals surface area contributed by atoms with Crippen LogP contribution >= 0.6 is 11.3 Å². The molecule has 0 aliphatic carbocycles. The normalized spacial score (nSPS) is 18.4. The van der Waals surface area contributed by atoms with Crippen molar-refractivity contribution >= 4 is 17.3 Å². The third-order valence-corrected chi connectivity index (χ3v) is 5.44. The first-order chi connectivity index (χ1) is 11.2. The Bertz CT molecular complexity index is 683. The lowest BCUT2D eigenvalue weighted by Crippen LogP contribution is -2.19. The lowest BCUT2D eigenvalue weighted by atomic mass is 10.1. The maximum Gasteiger partial charge on any atom is 0.347 e. The van der Waals surface area contributed by atoms with Gasteiger partial charge in [-0.05, 0) is 30.5 Å². The average molecular weight is 330 g/mol. The molecule has 1 unspecified atom stereocenters. The molecule has 1 N–H and O–H groups in total. The fourth-order valence-electron chi connectivity index (χ4n) is 3.18. The quantitative estimate of drug-likeness (QED) is 0.876. The van der Waals surface area contributed by atoms with E-state index in [1.54, 1.807) is 0 Å². The Labute approximate surface area is 140 Å². The summed E-state index contributed by atoms with van der Waals surface area (Å²) in [5, 5.41) is 9.98. The largest absolute Gasteiger partial charge is 0.477 e. The van der Waals surface area contributed by atoms with Crippen molar-refractivity contribution in [3.05, 3.63) is 51.5 Å². The highest BCUT2D eigenvalue weighted by Gasteiger charge is 2.26. The molecular weight excluding hydrogens is 308 g/mol. The van der Waals surface area contributed by atoms with E-state index in [-0.39, 0.29) is 0 Å². The first-order valence-electron chi connectivity index (χ1n) is 8.15. The van der Waals surface area contributed by atoms with E-state index in [4.69, 9.17) is 5.11 Å². The number of aromatic carboxylic acids is 1. The number of carbonyl (C=O) groups is 1. The second kappa shape index (κ2) is 7.23. The van der Waals surface area contributed by atoms with Gasteiger partial charge < -0.3 is 5.11 Å². The number of aromatic nitrogens is 1. The minimum Gasteiger partial charge on any atom is -0.477 e. The number of likely N-dealkylation sites (tertiary alicyclic amines) is 1. The van der Waals surface area contributed by atoms with Crippen molar-refractivity contribution in [3.8, 4) is 0 Å². The molecule has 0 spiro atoms. The van der Waals surface area contributed by atoms with Crippen LogP contribution in [0.5, 0.6) is 0 Å². The SMILES string of the molecule is CCCc1cccc(CN2CCC(c3ncc(C(=O)O)s3)C2)c1. The molecule has 0 saturated carbocycles. The van der Waals surface area contributed by atoms with Crippen LogP contribution in [0.15, 0.2) is 30.5 Å². The Morgan fingerprint density at radius 2 is 2.26 bits per heavy atom. The number of carboxylic acid groups (broad SMARTS) is 1. The van der Waals surface area contributed by atoms with Crippen molar-refractivity contribution in [2.24, 2.45) is 0 Å². The molecule has 0 amide bonds. The molecule has 1 fully saturated rings. The fraction of sp³-hybridized carbons (Fsp3) is 0.444. The van der Waals surface area contributed by atoms with Gasteiger partial charge in [0.15, 0.2) is 0 Å². The zero-order valence-electron chi connectivity index (χ0n) is 13.4. The Morgan fingerprint density at radius 1 is 1.43 bits per heavy atom. The number of benzene rings is 1. The molecule has 5 heteroatoms. The predicted octanol–water partition coefficient (Wildman–Crippen LogP) is 3.78. The van der Waals surface area contributed by atoms with Crippen molar-refractivity contribution in [2.45, 2.75) is 38.6 Å². The number of hydrogen-bond donors (Lipinski definition) is 1. The van der Waals surface area contributed by atoms with Gasteiger partial charge in [-0.1, -0.05) is 37.6 Å². The number of aryl methyl sites for hydroxylation is 1. The fourth-order valence-corrected chi connectivity index (χ4v) is 4.07.